The van der Waals surface area contributed by atoms with Gasteiger partial charge >= 0.3 is 24.4 Å². The van der Waals surface area contributed by atoms with E-state index in [1.54, 1.807) is 0 Å². The SMILES string of the molecule is Cc1ccc(NC(=O)C(F)(F)C(F)F)cc1C(F)(F)F. The predicted octanol–water partition coefficient (Wildman–Crippen LogP) is 3.85. The van der Waals surface area contributed by atoms with E-state index in [0.29, 0.717) is 6.07 Å². The molecule has 1 aromatic rings. The summed E-state index contributed by atoms with van der Waals surface area (Å²) in [6.07, 6.45) is -9.01. The van der Waals surface area contributed by atoms with Gasteiger partial charge in [-0.3, -0.25) is 4.79 Å². The first-order valence-electron chi connectivity index (χ1n) is 5.11. The third-order valence-corrected chi connectivity index (χ3v) is 2.38. The van der Waals surface area contributed by atoms with Gasteiger partial charge in [-0.1, -0.05) is 6.07 Å². The van der Waals surface area contributed by atoms with Gasteiger partial charge in [-0.25, -0.2) is 8.78 Å². The van der Waals surface area contributed by atoms with E-state index in [4.69, 9.17) is 0 Å². The number of rotatable bonds is 3. The maximum absolute atomic E-state index is 12.7. The molecular weight excluding hydrogens is 295 g/mol. The lowest BCUT2D eigenvalue weighted by Crippen LogP contribution is -2.41. The number of alkyl halides is 7. The smallest absolute Gasteiger partial charge is 0.321 e. The molecule has 1 rings (SSSR count). The van der Waals surface area contributed by atoms with Crippen LogP contribution in [-0.4, -0.2) is 18.3 Å². The van der Waals surface area contributed by atoms with Crippen molar-refractivity contribution >= 4 is 11.6 Å². The summed E-state index contributed by atoms with van der Waals surface area (Å²) in [6, 6.07) is 2.23. The highest BCUT2D eigenvalue weighted by Crippen LogP contribution is 2.34. The number of hydrogen-bond acceptors (Lipinski definition) is 1. The molecule has 20 heavy (non-hydrogen) atoms. The molecule has 0 unspecified atom stereocenters. The first kappa shape index (κ1) is 16.3. The minimum absolute atomic E-state index is 0.198. The van der Waals surface area contributed by atoms with Crippen LogP contribution in [0.2, 0.25) is 0 Å². The minimum atomic E-state index is -4.98. The quantitative estimate of drug-likeness (QED) is 0.844. The highest BCUT2D eigenvalue weighted by atomic mass is 19.4. The summed E-state index contributed by atoms with van der Waals surface area (Å²) in [5.41, 5.74) is -2.00. The van der Waals surface area contributed by atoms with Gasteiger partial charge in [0.1, 0.15) is 0 Å². The largest absolute Gasteiger partial charge is 0.416 e. The van der Waals surface area contributed by atoms with Crippen molar-refractivity contribution in [3.8, 4) is 0 Å². The summed E-state index contributed by atoms with van der Waals surface area (Å²) in [6.45, 7) is 1.13. The third-order valence-electron chi connectivity index (χ3n) is 2.38. The van der Waals surface area contributed by atoms with Gasteiger partial charge in [-0.05, 0) is 24.6 Å². The first-order chi connectivity index (χ1) is 8.96. The fraction of sp³-hybridized carbons (Fsp3) is 0.364. The number of halogens is 7. The van der Waals surface area contributed by atoms with Crippen molar-refractivity contribution in [1.82, 2.24) is 0 Å². The van der Waals surface area contributed by atoms with E-state index in [-0.39, 0.29) is 5.56 Å². The van der Waals surface area contributed by atoms with Gasteiger partial charge in [-0.15, -0.1) is 0 Å². The Hall–Kier alpha value is -1.80. The van der Waals surface area contributed by atoms with E-state index >= 15 is 0 Å². The average molecular weight is 303 g/mol. The van der Waals surface area contributed by atoms with Gasteiger partial charge in [0.15, 0.2) is 0 Å². The number of nitrogens with one attached hydrogen (secondary N) is 1. The number of anilines is 1. The molecule has 0 radical (unpaired) electrons. The molecule has 2 nitrogen and oxygen atoms in total. The number of aryl methyl sites for hydroxylation is 1. The summed E-state index contributed by atoms with van der Waals surface area (Å²) >= 11 is 0. The molecule has 0 aromatic heterocycles. The Kier molecular flexibility index (Phi) is 4.30. The molecule has 9 heteroatoms. The molecule has 0 bridgehead atoms. The van der Waals surface area contributed by atoms with Gasteiger partial charge < -0.3 is 5.32 Å². The Balaban J connectivity index is 3.04. The number of amides is 1. The zero-order valence-electron chi connectivity index (χ0n) is 9.86. The van der Waals surface area contributed by atoms with Gasteiger partial charge in [0.2, 0.25) is 0 Å². The second-order valence-corrected chi connectivity index (χ2v) is 3.91. The number of benzene rings is 1. The summed E-state index contributed by atoms with van der Waals surface area (Å²) in [5, 5.41) is 1.33. The molecule has 0 atom stereocenters. The molecule has 1 N–H and O–H groups in total. The fourth-order valence-electron chi connectivity index (χ4n) is 1.32. The van der Waals surface area contributed by atoms with Crippen LogP contribution in [0.5, 0.6) is 0 Å². The van der Waals surface area contributed by atoms with E-state index in [0.717, 1.165) is 19.1 Å². The maximum Gasteiger partial charge on any atom is 0.416 e. The maximum atomic E-state index is 12.7. The van der Waals surface area contributed by atoms with Crippen molar-refractivity contribution in [2.45, 2.75) is 25.4 Å². The van der Waals surface area contributed by atoms with Crippen molar-refractivity contribution in [3.05, 3.63) is 29.3 Å². The first-order valence-corrected chi connectivity index (χ1v) is 5.11. The van der Waals surface area contributed by atoms with Gasteiger partial charge in [0.05, 0.1) is 5.56 Å². The normalized spacial score (nSPS) is 12.7. The monoisotopic (exact) mass is 303 g/mol. The lowest BCUT2D eigenvalue weighted by Gasteiger charge is -2.16. The summed E-state index contributed by atoms with van der Waals surface area (Å²) in [7, 11) is 0. The summed E-state index contributed by atoms with van der Waals surface area (Å²) < 4.78 is 86.8. The second-order valence-electron chi connectivity index (χ2n) is 3.91. The van der Waals surface area contributed by atoms with Gasteiger partial charge in [-0.2, -0.15) is 22.0 Å². The predicted molar refractivity (Wildman–Crippen MR) is 55.8 cm³/mol. The molecule has 0 aliphatic carbocycles. The Morgan fingerprint density at radius 3 is 2.15 bits per heavy atom. The minimum Gasteiger partial charge on any atom is -0.321 e. The van der Waals surface area contributed by atoms with Crippen LogP contribution in [0.3, 0.4) is 0 Å². The lowest BCUT2D eigenvalue weighted by atomic mass is 10.1. The molecule has 0 aliphatic rings. The zero-order valence-corrected chi connectivity index (χ0v) is 9.86. The average Bonchev–Trinajstić information content (AvgIpc) is 2.29. The van der Waals surface area contributed by atoms with E-state index in [1.807, 2.05) is 0 Å². The van der Waals surface area contributed by atoms with E-state index in [1.165, 1.54) is 5.32 Å². The molecule has 0 aliphatic heterocycles. The Morgan fingerprint density at radius 1 is 1.15 bits per heavy atom. The molecule has 0 heterocycles. The summed E-state index contributed by atoms with van der Waals surface area (Å²) in [5.74, 6) is -7.35. The van der Waals surface area contributed by atoms with Crippen LogP contribution in [0.1, 0.15) is 11.1 Å². The molecule has 1 amide bonds. The van der Waals surface area contributed by atoms with Crippen molar-refractivity contribution in [3.63, 3.8) is 0 Å². The molecule has 0 fully saturated rings. The second kappa shape index (κ2) is 5.29. The van der Waals surface area contributed by atoms with E-state index in [2.05, 4.69) is 0 Å². The van der Waals surface area contributed by atoms with Crippen LogP contribution in [0.25, 0.3) is 0 Å². The number of hydrogen-bond donors (Lipinski definition) is 1. The summed E-state index contributed by atoms with van der Waals surface area (Å²) in [4.78, 5) is 10.9. The Labute approximate surface area is 108 Å². The van der Waals surface area contributed by atoms with Crippen LogP contribution in [0, 0.1) is 6.92 Å². The van der Waals surface area contributed by atoms with E-state index < -0.39 is 35.7 Å². The van der Waals surface area contributed by atoms with Crippen molar-refractivity contribution in [2.24, 2.45) is 0 Å². The number of carbonyl (C=O) groups is 1. The van der Waals surface area contributed by atoms with Crippen molar-refractivity contribution in [2.75, 3.05) is 5.32 Å². The molecule has 0 saturated heterocycles. The molecule has 0 saturated carbocycles. The van der Waals surface area contributed by atoms with Gasteiger partial charge in [0.25, 0.3) is 0 Å². The molecule has 112 valence electrons. The third kappa shape index (κ3) is 3.40. The Morgan fingerprint density at radius 2 is 1.70 bits per heavy atom. The molecule has 1 aromatic carbocycles. The lowest BCUT2D eigenvalue weighted by molar-refractivity contribution is -0.163. The van der Waals surface area contributed by atoms with Crippen molar-refractivity contribution < 1.29 is 35.5 Å². The van der Waals surface area contributed by atoms with Crippen LogP contribution < -0.4 is 5.32 Å². The standard InChI is InChI=1S/C11H8F7NO/c1-5-2-3-6(4-7(5)11(16,17)18)19-9(20)10(14,15)8(12)13/h2-4,8H,1H3,(H,19,20). The van der Waals surface area contributed by atoms with Crippen LogP contribution >= 0.6 is 0 Å². The highest BCUT2D eigenvalue weighted by Gasteiger charge is 2.49. The van der Waals surface area contributed by atoms with Gasteiger partial charge in [0, 0.05) is 5.69 Å². The molecular formula is C11H8F7NO. The van der Waals surface area contributed by atoms with E-state index in [9.17, 15) is 35.5 Å². The topological polar surface area (TPSA) is 29.1 Å². The highest BCUT2D eigenvalue weighted by molar-refractivity contribution is 5.96. The van der Waals surface area contributed by atoms with Crippen molar-refractivity contribution in [1.29, 1.82) is 0 Å². The van der Waals surface area contributed by atoms with Crippen LogP contribution in [0.4, 0.5) is 36.4 Å². The zero-order chi connectivity index (χ0) is 15.7. The fourth-order valence-corrected chi connectivity index (χ4v) is 1.32. The molecule has 0 spiro atoms. The van der Waals surface area contributed by atoms with Crippen LogP contribution in [-0.2, 0) is 11.0 Å². The Bertz CT molecular complexity index is 510. The van der Waals surface area contributed by atoms with Crippen LogP contribution in [0.15, 0.2) is 18.2 Å². The number of carbonyl (C=O) groups excluding carboxylic acids is 1.